The van der Waals surface area contributed by atoms with E-state index in [2.05, 4.69) is 28.2 Å². The van der Waals surface area contributed by atoms with Gasteiger partial charge in [0.1, 0.15) is 0 Å². The maximum Gasteiger partial charge on any atom is 0.0709 e. The molecule has 0 saturated carbocycles. The number of rotatable bonds is 2. The van der Waals surface area contributed by atoms with Crippen LogP contribution < -0.4 is 10.9 Å². The number of para-hydroxylation sites is 1. The second-order valence-electron chi connectivity index (χ2n) is 3.73. The fourth-order valence-corrected chi connectivity index (χ4v) is 2.63. The van der Waals surface area contributed by atoms with Crippen molar-refractivity contribution >= 4 is 30.4 Å². The van der Waals surface area contributed by atoms with Crippen molar-refractivity contribution in [2.24, 2.45) is 0 Å². The molecule has 17 heavy (non-hydrogen) atoms. The molecule has 82 valence electrons. The van der Waals surface area contributed by atoms with Gasteiger partial charge in [-0.25, -0.2) is 4.98 Å². The molecule has 0 aliphatic heterocycles. The van der Waals surface area contributed by atoms with Crippen molar-refractivity contribution in [3.05, 3.63) is 60.8 Å². The molecule has 2 aromatic heterocycles. The Balaban J connectivity index is 1.96. The fraction of sp³-hybridized carbons (Fsp3) is 0. The Morgan fingerprint density at radius 1 is 0.765 bits per heavy atom. The minimum atomic E-state index is 0.518. The van der Waals surface area contributed by atoms with E-state index in [4.69, 9.17) is 0 Å². The Morgan fingerprint density at radius 3 is 2.53 bits per heavy atom. The van der Waals surface area contributed by atoms with Gasteiger partial charge in [-0.05, 0) is 32.8 Å². The van der Waals surface area contributed by atoms with Gasteiger partial charge in [0, 0.05) is 11.6 Å². The van der Waals surface area contributed by atoms with Gasteiger partial charge in [0.25, 0.3) is 0 Å². The molecule has 1 unspecified atom stereocenters. The summed E-state index contributed by atoms with van der Waals surface area (Å²) in [5.41, 5.74) is 3.21. The summed E-state index contributed by atoms with van der Waals surface area (Å²) >= 11 is 0. The summed E-state index contributed by atoms with van der Waals surface area (Å²) in [6.45, 7) is 0. The summed E-state index contributed by atoms with van der Waals surface area (Å²) in [5, 5.41) is 1.18. The second kappa shape index (κ2) is 4.60. The van der Waals surface area contributed by atoms with Crippen LogP contribution in [0.2, 0.25) is 0 Å². The first-order valence-corrected chi connectivity index (χ1v) is 6.46. The molecule has 3 heteroatoms. The van der Waals surface area contributed by atoms with Crippen molar-refractivity contribution in [2.75, 3.05) is 0 Å². The molecule has 0 aliphatic carbocycles. The van der Waals surface area contributed by atoms with Gasteiger partial charge >= 0.3 is 0 Å². The molecule has 2 nitrogen and oxygen atoms in total. The summed E-state index contributed by atoms with van der Waals surface area (Å²) in [4.78, 5) is 8.97. The largest absolute Gasteiger partial charge is 0.256 e. The van der Waals surface area contributed by atoms with E-state index >= 15 is 0 Å². The maximum absolute atomic E-state index is 4.64. The van der Waals surface area contributed by atoms with E-state index in [1.165, 1.54) is 5.39 Å². The predicted octanol–water partition coefficient (Wildman–Crippen LogP) is 2.26. The fourth-order valence-electron chi connectivity index (χ4n) is 1.70. The highest BCUT2D eigenvalue weighted by Gasteiger charge is 2.00. The number of hydrogen-bond donors (Lipinski definition) is 0. The standard InChI is InChI=1S/C14H11N2P/c1-2-6-12-11(5-1)8-9-14(16-12)17-13-7-3-4-10-15-13/h1-10,17H. The van der Waals surface area contributed by atoms with Crippen LogP contribution in [0.25, 0.3) is 10.9 Å². The van der Waals surface area contributed by atoms with Crippen LogP contribution in [0.3, 0.4) is 0 Å². The van der Waals surface area contributed by atoms with E-state index in [1.807, 2.05) is 42.6 Å². The highest BCUT2D eigenvalue weighted by atomic mass is 31.1. The molecular formula is C14H11N2P. The summed E-state index contributed by atoms with van der Waals surface area (Å²) < 4.78 is 0. The second-order valence-corrected chi connectivity index (χ2v) is 5.00. The van der Waals surface area contributed by atoms with E-state index in [9.17, 15) is 0 Å². The van der Waals surface area contributed by atoms with Gasteiger partial charge in [0.05, 0.1) is 16.4 Å². The third-order valence-electron chi connectivity index (χ3n) is 2.52. The van der Waals surface area contributed by atoms with Crippen molar-refractivity contribution in [2.45, 2.75) is 0 Å². The average Bonchev–Trinajstić information content (AvgIpc) is 2.40. The van der Waals surface area contributed by atoms with Crippen molar-refractivity contribution < 1.29 is 0 Å². The topological polar surface area (TPSA) is 25.8 Å². The van der Waals surface area contributed by atoms with Crippen LogP contribution in [0, 0.1) is 0 Å². The normalized spacial score (nSPS) is 11.3. The first-order valence-electron chi connectivity index (χ1n) is 5.46. The molecule has 0 saturated heterocycles. The number of benzene rings is 1. The third kappa shape index (κ3) is 2.32. The molecule has 1 atom stereocenters. The van der Waals surface area contributed by atoms with E-state index in [0.717, 1.165) is 16.4 Å². The van der Waals surface area contributed by atoms with Crippen LogP contribution >= 0.6 is 8.58 Å². The SMILES string of the molecule is c1ccc(Pc2ccc3ccccc3n2)nc1. The number of nitrogens with zero attached hydrogens (tertiary/aromatic N) is 2. The number of fused-ring (bicyclic) bond motifs is 1. The lowest BCUT2D eigenvalue weighted by molar-refractivity contribution is 1.39. The van der Waals surface area contributed by atoms with Gasteiger partial charge < -0.3 is 0 Å². The van der Waals surface area contributed by atoms with Gasteiger partial charge in [-0.3, -0.25) is 4.98 Å². The van der Waals surface area contributed by atoms with Gasteiger partial charge in [0.2, 0.25) is 0 Å². The minimum absolute atomic E-state index is 0.518. The molecule has 0 fully saturated rings. The van der Waals surface area contributed by atoms with E-state index in [0.29, 0.717) is 8.58 Å². The lowest BCUT2D eigenvalue weighted by Gasteiger charge is -2.02. The molecule has 0 bridgehead atoms. The van der Waals surface area contributed by atoms with Crippen molar-refractivity contribution in [3.8, 4) is 0 Å². The summed E-state index contributed by atoms with van der Waals surface area (Å²) in [5.74, 6) is 0. The number of aromatic nitrogens is 2. The molecular weight excluding hydrogens is 227 g/mol. The van der Waals surface area contributed by atoms with Crippen molar-refractivity contribution in [1.82, 2.24) is 9.97 Å². The third-order valence-corrected chi connectivity index (χ3v) is 3.61. The Kier molecular flexibility index (Phi) is 2.81. The molecule has 2 heterocycles. The quantitative estimate of drug-likeness (QED) is 0.640. The lowest BCUT2D eigenvalue weighted by atomic mass is 10.2. The molecule has 3 aromatic rings. The maximum atomic E-state index is 4.64. The van der Waals surface area contributed by atoms with Gasteiger partial charge in [-0.1, -0.05) is 30.3 Å². The van der Waals surface area contributed by atoms with Crippen LogP contribution in [0.4, 0.5) is 0 Å². The molecule has 0 N–H and O–H groups in total. The van der Waals surface area contributed by atoms with E-state index in [-0.39, 0.29) is 0 Å². The molecule has 0 amide bonds. The zero-order chi connectivity index (χ0) is 11.5. The Hall–Kier alpha value is -1.79. The molecule has 3 rings (SSSR count). The van der Waals surface area contributed by atoms with Crippen LogP contribution in [0.15, 0.2) is 60.8 Å². The van der Waals surface area contributed by atoms with Gasteiger partial charge in [-0.15, -0.1) is 0 Å². The van der Waals surface area contributed by atoms with E-state index in [1.54, 1.807) is 0 Å². The number of hydrogen-bond acceptors (Lipinski definition) is 2. The predicted molar refractivity (Wildman–Crippen MR) is 73.6 cm³/mol. The first kappa shape index (κ1) is 10.4. The van der Waals surface area contributed by atoms with Crippen LogP contribution in [0.1, 0.15) is 0 Å². The number of pyridine rings is 2. The lowest BCUT2D eigenvalue weighted by Crippen LogP contribution is -2.09. The first-order chi connectivity index (χ1) is 8.42. The van der Waals surface area contributed by atoms with Crippen molar-refractivity contribution in [3.63, 3.8) is 0 Å². The highest BCUT2D eigenvalue weighted by molar-refractivity contribution is 7.54. The van der Waals surface area contributed by atoms with Crippen LogP contribution in [-0.2, 0) is 0 Å². The highest BCUT2D eigenvalue weighted by Crippen LogP contribution is 2.13. The molecule has 0 spiro atoms. The van der Waals surface area contributed by atoms with E-state index < -0.39 is 0 Å². The average molecular weight is 238 g/mol. The van der Waals surface area contributed by atoms with Gasteiger partial charge in [0.15, 0.2) is 0 Å². The summed E-state index contributed by atoms with van der Waals surface area (Å²) in [7, 11) is 0.518. The monoisotopic (exact) mass is 238 g/mol. The smallest absolute Gasteiger partial charge is 0.0709 e. The molecule has 0 radical (unpaired) electrons. The Labute approximate surface area is 102 Å². The van der Waals surface area contributed by atoms with Crippen LogP contribution in [-0.4, -0.2) is 9.97 Å². The summed E-state index contributed by atoms with van der Waals surface area (Å²) in [6, 6.07) is 18.3. The Bertz CT molecular complexity index is 638. The zero-order valence-corrected chi connectivity index (χ0v) is 10.2. The van der Waals surface area contributed by atoms with Crippen molar-refractivity contribution in [1.29, 1.82) is 0 Å². The summed E-state index contributed by atoms with van der Waals surface area (Å²) in [6.07, 6.45) is 1.82. The minimum Gasteiger partial charge on any atom is -0.256 e. The Morgan fingerprint density at radius 2 is 1.65 bits per heavy atom. The molecule has 1 aromatic carbocycles. The zero-order valence-electron chi connectivity index (χ0n) is 9.17. The van der Waals surface area contributed by atoms with Crippen LogP contribution in [0.5, 0.6) is 0 Å². The van der Waals surface area contributed by atoms with Gasteiger partial charge in [-0.2, -0.15) is 0 Å². The molecule has 0 aliphatic rings.